The van der Waals surface area contributed by atoms with E-state index in [9.17, 15) is 0 Å². The average molecular weight is 352 g/mol. The van der Waals surface area contributed by atoms with Gasteiger partial charge in [-0.25, -0.2) is 0 Å². The van der Waals surface area contributed by atoms with Crippen molar-refractivity contribution in [1.29, 1.82) is 0 Å². The number of hydrogen-bond acceptors (Lipinski definition) is 3. The first-order valence-corrected chi connectivity index (χ1v) is 7.82. The number of nitrogens with one attached hydrogen (secondary N) is 1. The zero-order valence-electron chi connectivity index (χ0n) is 13.0. The Kier molecular flexibility index (Phi) is 5.42. The predicted octanol–water partition coefficient (Wildman–Crippen LogP) is 2.87. The molecule has 1 heterocycles. The molecule has 5 heteroatoms. The van der Waals surface area contributed by atoms with Gasteiger partial charge < -0.3 is 10.1 Å². The number of benzene rings is 1. The van der Waals surface area contributed by atoms with Crippen molar-refractivity contribution < 1.29 is 4.74 Å². The van der Waals surface area contributed by atoms with Crippen LogP contribution >= 0.6 is 15.9 Å². The van der Waals surface area contributed by atoms with Gasteiger partial charge in [0.25, 0.3) is 0 Å². The van der Waals surface area contributed by atoms with Gasteiger partial charge in [-0.15, -0.1) is 0 Å². The zero-order chi connectivity index (χ0) is 15.4. The fourth-order valence-corrected chi connectivity index (χ4v) is 2.96. The molecular weight excluding hydrogens is 330 g/mol. The van der Waals surface area contributed by atoms with E-state index >= 15 is 0 Å². The molecule has 0 amide bonds. The third-order valence-corrected chi connectivity index (χ3v) is 4.78. The van der Waals surface area contributed by atoms with E-state index in [0.717, 1.165) is 28.8 Å². The van der Waals surface area contributed by atoms with Crippen LogP contribution in [0.15, 0.2) is 28.7 Å². The summed E-state index contributed by atoms with van der Waals surface area (Å²) in [6, 6.07) is 8.61. The number of hydrogen-bond donors (Lipinski definition) is 1. The second-order valence-electron chi connectivity index (χ2n) is 5.21. The van der Waals surface area contributed by atoms with E-state index in [-0.39, 0.29) is 0 Å². The molecule has 2 aromatic rings. The van der Waals surface area contributed by atoms with Crippen molar-refractivity contribution in [2.24, 2.45) is 7.05 Å². The van der Waals surface area contributed by atoms with Crippen LogP contribution in [0.1, 0.15) is 17.0 Å². The van der Waals surface area contributed by atoms with E-state index in [1.54, 1.807) is 7.11 Å². The Labute approximate surface area is 134 Å². The minimum Gasteiger partial charge on any atom is -0.497 e. The molecule has 2 rings (SSSR count). The van der Waals surface area contributed by atoms with E-state index in [4.69, 9.17) is 4.74 Å². The third-order valence-electron chi connectivity index (χ3n) is 3.75. The van der Waals surface area contributed by atoms with Crippen molar-refractivity contribution in [2.45, 2.75) is 25.8 Å². The van der Waals surface area contributed by atoms with Crippen LogP contribution in [0.5, 0.6) is 5.75 Å². The van der Waals surface area contributed by atoms with Crippen molar-refractivity contribution in [2.75, 3.05) is 14.2 Å². The standard InChI is InChI=1S/C16H22BrN3O/c1-11-16(17)15(20(3)19-11)10-13(18-2)9-12-5-7-14(21-4)8-6-12/h5-8,13,18H,9-10H2,1-4H3. The molecule has 0 aliphatic rings. The molecule has 21 heavy (non-hydrogen) atoms. The molecule has 0 spiro atoms. The molecule has 1 aromatic carbocycles. The first kappa shape index (κ1) is 16.0. The van der Waals surface area contributed by atoms with Gasteiger partial charge in [-0.05, 0) is 54.0 Å². The fraction of sp³-hybridized carbons (Fsp3) is 0.438. The summed E-state index contributed by atoms with van der Waals surface area (Å²) in [6.07, 6.45) is 1.90. The van der Waals surface area contributed by atoms with Crippen LogP contribution in [0.3, 0.4) is 0 Å². The number of aromatic nitrogens is 2. The molecular formula is C16H22BrN3O. The van der Waals surface area contributed by atoms with Gasteiger partial charge in [0, 0.05) is 19.5 Å². The highest BCUT2D eigenvalue weighted by Crippen LogP contribution is 2.22. The molecule has 1 aromatic heterocycles. The van der Waals surface area contributed by atoms with Crippen molar-refractivity contribution in [1.82, 2.24) is 15.1 Å². The lowest BCUT2D eigenvalue weighted by Gasteiger charge is -2.17. The Balaban J connectivity index is 2.09. The predicted molar refractivity (Wildman–Crippen MR) is 88.9 cm³/mol. The number of aryl methyl sites for hydroxylation is 2. The lowest BCUT2D eigenvalue weighted by Crippen LogP contribution is -2.30. The summed E-state index contributed by atoms with van der Waals surface area (Å²) in [5, 5.41) is 7.85. The first-order chi connectivity index (χ1) is 10.0. The molecule has 4 nitrogen and oxygen atoms in total. The van der Waals surface area contributed by atoms with Gasteiger partial charge in [0.1, 0.15) is 5.75 Å². The topological polar surface area (TPSA) is 39.1 Å². The van der Waals surface area contributed by atoms with Gasteiger partial charge in [-0.2, -0.15) is 5.10 Å². The second kappa shape index (κ2) is 7.09. The highest BCUT2D eigenvalue weighted by molar-refractivity contribution is 9.10. The Bertz CT molecular complexity index is 592. The Hall–Kier alpha value is -1.33. The van der Waals surface area contributed by atoms with Crippen LogP contribution in [0.4, 0.5) is 0 Å². The monoisotopic (exact) mass is 351 g/mol. The minimum atomic E-state index is 0.365. The number of rotatable bonds is 6. The maximum Gasteiger partial charge on any atom is 0.118 e. The Morgan fingerprint density at radius 2 is 1.95 bits per heavy atom. The van der Waals surface area contributed by atoms with Gasteiger partial charge in [-0.3, -0.25) is 4.68 Å². The van der Waals surface area contributed by atoms with Gasteiger partial charge >= 0.3 is 0 Å². The van der Waals surface area contributed by atoms with Crippen LogP contribution in [-0.4, -0.2) is 30.0 Å². The number of likely N-dealkylation sites (N-methyl/N-ethyl adjacent to an activating group) is 1. The number of halogens is 1. The van der Waals surface area contributed by atoms with E-state index in [1.165, 1.54) is 11.3 Å². The maximum atomic E-state index is 5.20. The number of ether oxygens (including phenoxy) is 1. The summed E-state index contributed by atoms with van der Waals surface area (Å²) in [5.41, 5.74) is 3.55. The van der Waals surface area contributed by atoms with Gasteiger partial charge in [-0.1, -0.05) is 12.1 Å². The second-order valence-corrected chi connectivity index (χ2v) is 6.00. The van der Waals surface area contributed by atoms with Crippen LogP contribution in [0.25, 0.3) is 0 Å². The summed E-state index contributed by atoms with van der Waals surface area (Å²) in [6.45, 7) is 2.02. The fourth-order valence-electron chi connectivity index (χ4n) is 2.46. The summed E-state index contributed by atoms with van der Waals surface area (Å²) in [4.78, 5) is 0. The lowest BCUT2D eigenvalue weighted by atomic mass is 10.0. The molecule has 0 bridgehead atoms. The zero-order valence-corrected chi connectivity index (χ0v) is 14.6. The van der Waals surface area contributed by atoms with Crippen LogP contribution in [0, 0.1) is 6.92 Å². The number of nitrogens with zero attached hydrogens (tertiary/aromatic N) is 2. The molecule has 0 radical (unpaired) electrons. The van der Waals surface area contributed by atoms with E-state index in [0.29, 0.717) is 6.04 Å². The third kappa shape index (κ3) is 3.86. The molecule has 0 fully saturated rings. The van der Waals surface area contributed by atoms with E-state index in [1.807, 2.05) is 37.8 Å². The molecule has 0 aliphatic carbocycles. The lowest BCUT2D eigenvalue weighted by molar-refractivity contribution is 0.414. The Morgan fingerprint density at radius 3 is 2.43 bits per heavy atom. The van der Waals surface area contributed by atoms with Crippen LogP contribution in [-0.2, 0) is 19.9 Å². The highest BCUT2D eigenvalue weighted by atomic mass is 79.9. The summed E-state index contributed by atoms with van der Waals surface area (Å²) < 4.78 is 8.26. The highest BCUT2D eigenvalue weighted by Gasteiger charge is 2.16. The molecule has 1 unspecified atom stereocenters. The normalized spacial score (nSPS) is 12.4. The summed E-state index contributed by atoms with van der Waals surface area (Å²) >= 11 is 3.64. The van der Waals surface area contributed by atoms with Crippen molar-refractivity contribution in [3.05, 3.63) is 45.7 Å². The summed E-state index contributed by atoms with van der Waals surface area (Å²) in [5.74, 6) is 0.893. The quantitative estimate of drug-likeness (QED) is 0.869. The maximum absolute atomic E-state index is 5.20. The van der Waals surface area contributed by atoms with Gasteiger partial charge in [0.05, 0.1) is 23.0 Å². The van der Waals surface area contributed by atoms with Crippen molar-refractivity contribution >= 4 is 15.9 Å². The first-order valence-electron chi connectivity index (χ1n) is 7.03. The van der Waals surface area contributed by atoms with E-state index < -0.39 is 0 Å². The minimum absolute atomic E-state index is 0.365. The van der Waals surface area contributed by atoms with Crippen molar-refractivity contribution in [3.63, 3.8) is 0 Å². The van der Waals surface area contributed by atoms with Crippen LogP contribution < -0.4 is 10.1 Å². The molecule has 0 saturated carbocycles. The average Bonchev–Trinajstić information content (AvgIpc) is 2.73. The molecule has 1 atom stereocenters. The number of methoxy groups -OCH3 is 1. The molecule has 1 N–H and O–H groups in total. The largest absolute Gasteiger partial charge is 0.497 e. The molecule has 0 aliphatic heterocycles. The smallest absolute Gasteiger partial charge is 0.118 e. The van der Waals surface area contributed by atoms with E-state index in [2.05, 4.69) is 38.5 Å². The van der Waals surface area contributed by atoms with Gasteiger partial charge in [0.2, 0.25) is 0 Å². The molecule has 114 valence electrons. The van der Waals surface area contributed by atoms with Crippen LogP contribution in [0.2, 0.25) is 0 Å². The van der Waals surface area contributed by atoms with Gasteiger partial charge in [0.15, 0.2) is 0 Å². The molecule has 0 saturated heterocycles. The SMILES string of the molecule is CNC(Cc1ccc(OC)cc1)Cc1c(Br)c(C)nn1C. The Morgan fingerprint density at radius 1 is 1.29 bits per heavy atom. The van der Waals surface area contributed by atoms with Crippen molar-refractivity contribution in [3.8, 4) is 5.75 Å². The summed E-state index contributed by atoms with van der Waals surface area (Å²) in [7, 11) is 5.69.